The first kappa shape index (κ1) is 24.8. The number of aliphatic hydroxyl groups excluding tert-OH is 1. The number of likely N-dealkylation sites (tertiary alicyclic amines) is 2. The Morgan fingerprint density at radius 3 is 2.58 bits per heavy atom. The monoisotopic (exact) mass is 508 g/mol. The molecular weight excluding hydrogens is 476 g/mol. The number of amides is 2. The van der Waals surface area contributed by atoms with Crippen LogP contribution in [0.1, 0.15) is 36.0 Å². The highest BCUT2D eigenvalue weighted by Gasteiger charge is 2.29. The molecule has 8 heteroatoms. The quantitative estimate of drug-likeness (QED) is 0.524. The molecule has 3 aromatic rings. The Morgan fingerprint density at radius 1 is 1.06 bits per heavy atom. The molecule has 0 aliphatic carbocycles. The maximum atomic E-state index is 13.6. The van der Waals surface area contributed by atoms with E-state index in [2.05, 4.69) is 9.88 Å². The zero-order valence-corrected chi connectivity index (χ0v) is 21.2. The number of anilines is 1. The van der Waals surface area contributed by atoms with Crippen molar-refractivity contribution in [1.29, 1.82) is 0 Å². The largest absolute Gasteiger partial charge is 0.392 e. The third-order valence-corrected chi connectivity index (χ3v) is 7.76. The van der Waals surface area contributed by atoms with Crippen molar-refractivity contribution in [2.75, 3.05) is 44.2 Å². The topological polar surface area (TPSA) is 79.9 Å². The minimum absolute atomic E-state index is 0.00461. The van der Waals surface area contributed by atoms with Crippen LogP contribution in [0, 0.1) is 5.92 Å². The van der Waals surface area contributed by atoms with Gasteiger partial charge in [0, 0.05) is 54.5 Å². The van der Waals surface area contributed by atoms with Crippen molar-refractivity contribution >= 4 is 40.0 Å². The fourth-order valence-electron chi connectivity index (χ4n) is 5.43. The van der Waals surface area contributed by atoms with Crippen LogP contribution >= 0.6 is 11.6 Å². The molecule has 2 aliphatic rings. The van der Waals surface area contributed by atoms with Crippen LogP contribution in [0.4, 0.5) is 5.69 Å². The van der Waals surface area contributed by atoms with Crippen LogP contribution < -0.4 is 4.90 Å². The van der Waals surface area contributed by atoms with E-state index in [1.807, 2.05) is 41.3 Å². The lowest BCUT2D eigenvalue weighted by Crippen LogP contribution is -2.48. The van der Waals surface area contributed by atoms with E-state index < -0.39 is 0 Å². The maximum Gasteiger partial charge on any atom is 0.258 e. The van der Waals surface area contributed by atoms with Crippen molar-refractivity contribution in [2.45, 2.75) is 31.8 Å². The van der Waals surface area contributed by atoms with E-state index in [0.29, 0.717) is 35.3 Å². The Kier molecular flexibility index (Phi) is 7.60. The summed E-state index contributed by atoms with van der Waals surface area (Å²) < 4.78 is 0. The second-order valence-electron chi connectivity index (χ2n) is 10.0. The number of rotatable bonds is 6. The van der Waals surface area contributed by atoms with Crippen molar-refractivity contribution in [3.05, 3.63) is 65.3 Å². The first-order valence-electron chi connectivity index (χ1n) is 12.8. The highest BCUT2D eigenvalue weighted by Crippen LogP contribution is 2.26. The van der Waals surface area contributed by atoms with Gasteiger partial charge in [-0.1, -0.05) is 35.9 Å². The molecule has 0 bridgehead atoms. The molecule has 3 heterocycles. The number of H-pyrrole nitrogens is 1. The van der Waals surface area contributed by atoms with Crippen molar-refractivity contribution in [2.24, 2.45) is 5.92 Å². The third-order valence-electron chi connectivity index (χ3n) is 7.45. The molecule has 7 nitrogen and oxygen atoms in total. The van der Waals surface area contributed by atoms with Gasteiger partial charge in [-0.05, 0) is 62.4 Å². The maximum absolute atomic E-state index is 13.6. The average Bonchev–Trinajstić information content (AvgIpc) is 3.27. The summed E-state index contributed by atoms with van der Waals surface area (Å²) in [6, 6.07) is 14.7. The van der Waals surface area contributed by atoms with E-state index in [0.717, 1.165) is 56.2 Å². The Labute approximate surface area is 216 Å². The van der Waals surface area contributed by atoms with Gasteiger partial charge in [-0.15, -0.1) is 0 Å². The van der Waals surface area contributed by atoms with Crippen LogP contribution in [0.2, 0.25) is 5.02 Å². The zero-order valence-electron chi connectivity index (χ0n) is 20.4. The standard InChI is InChI=1S/C28H33ClN4O3/c29-25-16-30-26-15-21(8-9-24(25)26)28(36)33(22-5-2-1-3-6-22)19-27(35)32-13-10-20(11-14-32)17-31-12-4-7-23(34)18-31/h1-3,5-6,8-9,15-16,20,23,30,34H,4,7,10-14,17-19H2. The van der Waals surface area contributed by atoms with Crippen molar-refractivity contribution in [3.8, 4) is 0 Å². The first-order valence-corrected chi connectivity index (χ1v) is 13.2. The molecule has 5 rings (SSSR count). The lowest BCUT2D eigenvalue weighted by Gasteiger charge is -2.37. The van der Waals surface area contributed by atoms with E-state index in [1.54, 1.807) is 23.2 Å². The summed E-state index contributed by atoms with van der Waals surface area (Å²) in [5.41, 5.74) is 1.98. The summed E-state index contributed by atoms with van der Waals surface area (Å²) in [5, 5.41) is 11.4. The molecular formula is C28H33ClN4O3. The molecule has 2 amide bonds. The molecule has 0 spiro atoms. The Morgan fingerprint density at radius 2 is 1.83 bits per heavy atom. The normalized spacial score (nSPS) is 19.5. The molecule has 1 unspecified atom stereocenters. The number of hydrogen-bond acceptors (Lipinski definition) is 4. The minimum atomic E-state index is -0.222. The highest BCUT2D eigenvalue weighted by atomic mass is 35.5. The van der Waals surface area contributed by atoms with Crippen molar-refractivity contribution in [1.82, 2.24) is 14.8 Å². The second kappa shape index (κ2) is 11.0. The van der Waals surface area contributed by atoms with E-state index in [9.17, 15) is 14.7 Å². The molecule has 2 aliphatic heterocycles. The van der Waals surface area contributed by atoms with Gasteiger partial charge >= 0.3 is 0 Å². The predicted octanol–water partition coefficient (Wildman–Crippen LogP) is 4.16. The number of halogens is 1. The average molecular weight is 509 g/mol. The number of piperidine rings is 2. The van der Waals surface area contributed by atoms with Gasteiger partial charge in [0.05, 0.1) is 11.1 Å². The molecule has 2 N–H and O–H groups in total. The lowest BCUT2D eigenvalue weighted by molar-refractivity contribution is -0.131. The summed E-state index contributed by atoms with van der Waals surface area (Å²) in [6.45, 7) is 4.18. The molecule has 190 valence electrons. The molecule has 2 fully saturated rings. The van der Waals surface area contributed by atoms with Crippen molar-refractivity contribution < 1.29 is 14.7 Å². The SMILES string of the molecule is O=C(CN(C(=O)c1ccc2c(Cl)c[nH]c2c1)c1ccccc1)N1CCC(CN2CCCC(O)C2)CC1. The third kappa shape index (κ3) is 5.59. The Hall–Kier alpha value is -2.87. The molecule has 0 saturated carbocycles. The van der Waals surface area contributed by atoms with E-state index in [1.165, 1.54) is 0 Å². The van der Waals surface area contributed by atoms with Gasteiger partial charge in [0.1, 0.15) is 6.54 Å². The number of aliphatic hydroxyl groups is 1. The number of nitrogens with zero attached hydrogens (tertiary/aromatic N) is 3. The smallest absolute Gasteiger partial charge is 0.258 e. The van der Waals surface area contributed by atoms with E-state index in [-0.39, 0.29) is 24.5 Å². The van der Waals surface area contributed by atoms with Crippen LogP contribution in [-0.2, 0) is 4.79 Å². The van der Waals surface area contributed by atoms with Gasteiger partial charge in [0.25, 0.3) is 5.91 Å². The van der Waals surface area contributed by atoms with Gasteiger partial charge in [-0.2, -0.15) is 0 Å². The number of hydrogen-bond donors (Lipinski definition) is 2. The Bertz CT molecular complexity index is 1210. The summed E-state index contributed by atoms with van der Waals surface area (Å²) in [7, 11) is 0. The number of benzene rings is 2. The van der Waals surface area contributed by atoms with Gasteiger partial charge in [-0.3, -0.25) is 14.5 Å². The number of nitrogens with one attached hydrogen (secondary N) is 1. The van der Waals surface area contributed by atoms with Gasteiger partial charge in [0.15, 0.2) is 0 Å². The molecule has 36 heavy (non-hydrogen) atoms. The highest BCUT2D eigenvalue weighted by molar-refractivity contribution is 6.35. The number of aromatic nitrogens is 1. The zero-order chi connectivity index (χ0) is 25.1. The fraction of sp³-hybridized carbons (Fsp3) is 0.429. The fourth-order valence-corrected chi connectivity index (χ4v) is 5.65. The summed E-state index contributed by atoms with van der Waals surface area (Å²) in [4.78, 5) is 35.8. The minimum Gasteiger partial charge on any atom is -0.392 e. The number of aromatic amines is 1. The molecule has 2 saturated heterocycles. The first-order chi connectivity index (χ1) is 17.5. The van der Waals surface area contributed by atoms with Gasteiger partial charge < -0.3 is 19.9 Å². The number of fused-ring (bicyclic) bond motifs is 1. The summed E-state index contributed by atoms with van der Waals surface area (Å²) in [6.07, 6.45) is 5.33. The Balaban J connectivity index is 1.25. The summed E-state index contributed by atoms with van der Waals surface area (Å²) in [5.74, 6) is 0.273. The predicted molar refractivity (Wildman–Crippen MR) is 142 cm³/mol. The van der Waals surface area contributed by atoms with Crippen LogP contribution in [0.25, 0.3) is 10.9 Å². The molecule has 1 atom stereocenters. The second-order valence-corrected chi connectivity index (χ2v) is 10.4. The number of β-amino-alcohol motifs (C(OH)–C–C–N with tert-alkyl or cyclic N) is 1. The number of carbonyl (C=O) groups excluding carboxylic acids is 2. The van der Waals surface area contributed by atoms with E-state index in [4.69, 9.17) is 11.6 Å². The van der Waals surface area contributed by atoms with Crippen LogP contribution in [0.5, 0.6) is 0 Å². The van der Waals surface area contributed by atoms with Crippen molar-refractivity contribution in [3.63, 3.8) is 0 Å². The summed E-state index contributed by atoms with van der Waals surface area (Å²) >= 11 is 6.20. The van der Waals surface area contributed by atoms with Gasteiger partial charge in [-0.25, -0.2) is 0 Å². The molecule has 1 aromatic heterocycles. The molecule has 2 aromatic carbocycles. The van der Waals surface area contributed by atoms with Crippen LogP contribution in [-0.4, -0.2) is 77.1 Å². The lowest BCUT2D eigenvalue weighted by atomic mass is 9.95. The molecule has 0 radical (unpaired) electrons. The number of carbonyl (C=O) groups is 2. The van der Waals surface area contributed by atoms with Crippen LogP contribution in [0.15, 0.2) is 54.7 Å². The van der Waals surface area contributed by atoms with E-state index >= 15 is 0 Å². The number of para-hydroxylation sites is 1. The van der Waals surface area contributed by atoms with Crippen LogP contribution in [0.3, 0.4) is 0 Å². The van der Waals surface area contributed by atoms with Gasteiger partial charge in [0.2, 0.25) is 5.91 Å².